The van der Waals surface area contributed by atoms with Crippen LogP contribution in [0.1, 0.15) is 21.1 Å². The Bertz CT molecular complexity index is 890. The van der Waals surface area contributed by atoms with Crippen LogP contribution in [0.5, 0.6) is 5.75 Å². The fraction of sp³-hybridized carbons (Fsp3) is 0.294. The van der Waals surface area contributed by atoms with Crippen LogP contribution >= 0.6 is 23.1 Å². The number of aromatic nitrogens is 3. The van der Waals surface area contributed by atoms with Crippen molar-refractivity contribution in [2.45, 2.75) is 19.1 Å². The fourth-order valence-electron chi connectivity index (χ4n) is 2.18. The number of nitrogens with zero attached hydrogens (tertiary/aromatic N) is 3. The van der Waals surface area contributed by atoms with E-state index in [1.54, 1.807) is 24.3 Å². The molecule has 9 heteroatoms. The highest BCUT2D eigenvalue weighted by Gasteiger charge is 2.15. The van der Waals surface area contributed by atoms with Crippen molar-refractivity contribution in [3.05, 3.63) is 40.5 Å². The molecule has 0 unspecified atom stereocenters. The van der Waals surface area contributed by atoms with Gasteiger partial charge in [0.05, 0.1) is 30.0 Å². The lowest BCUT2D eigenvalue weighted by atomic mass is 10.2. The highest BCUT2D eigenvalue weighted by Crippen LogP contribution is 2.30. The van der Waals surface area contributed by atoms with Crippen molar-refractivity contribution in [2.24, 2.45) is 0 Å². The smallest absolute Gasteiger partial charge is 0.337 e. The summed E-state index contributed by atoms with van der Waals surface area (Å²) in [6, 6.07) is 6.79. The molecule has 0 amide bonds. The number of thioether (sulfide) groups is 1. The van der Waals surface area contributed by atoms with Crippen LogP contribution in [0, 0.1) is 13.8 Å². The molecular formula is C17H17N3O4S2. The van der Waals surface area contributed by atoms with Gasteiger partial charge in [-0.15, -0.1) is 21.5 Å². The van der Waals surface area contributed by atoms with Gasteiger partial charge in [0.25, 0.3) is 11.1 Å². The summed E-state index contributed by atoms with van der Waals surface area (Å²) < 4.78 is 16.0. The van der Waals surface area contributed by atoms with E-state index in [2.05, 4.69) is 19.9 Å². The number of rotatable bonds is 7. The number of hydrogen-bond acceptors (Lipinski definition) is 9. The van der Waals surface area contributed by atoms with Crippen LogP contribution in [0.3, 0.4) is 0 Å². The Hall–Kier alpha value is -2.39. The lowest BCUT2D eigenvalue weighted by Crippen LogP contribution is -2.02. The maximum Gasteiger partial charge on any atom is 0.337 e. The summed E-state index contributed by atoms with van der Waals surface area (Å²) in [4.78, 5) is 16.6. The average Bonchev–Trinajstić information content (AvgIpc) is 3.24. The Balaban J connectivity index is 1.48. The van der Waals surface area contributed by atoms with Crippen LogP contribution in [0.4, 0.5) is 0 Å². The van der Waals surface area contributed by atoms with Crippen molar-refractivity contribution in [1.29, 1.82) is 0 Å². The van der Waals surface area contributed by atoms with Crippen LogP contribution in [-0.4, -0.2) is 40.6 Å². The first-order valence-electron chi connectivity index (χ1n) is 7.78. The summed E-state index contributed by atoms with van der Waals surface area (Å²) in [5.74, 6) is 1.46. The van der Waals surface area contributed by atoms with Gasteiger partial charge in [0.15, 0.2) is 0 Å². The number of carbonyl (C=O) groups is 1. The molecule has 0 spiro atoms. The van der Waals surface area contributed by atoms with Crippen molar-refractivity contribution in [1.82, 2.24) is 15.2 Å². The third-order valence-electron chi connectivity index (χ3n) is 3.36. The molecule has 0 radical (unpaired) electrons. The molecule has 7 nitrogen and oxygen atoms in total. The Labute approximate surface area is 158 Å². The zero-order chi connectivity index (χ0) is 18.5. The number of thiazole rings is 1. The second kappa shape index (κ2) is 8.33. The molecule has 0 aliphatic rings. The van der Waals surface area contributed by atoms with Crippen LogP contribution < -0.4 is 4.74 Å². The summed E-state index contributed by atoms with van der Waals surface area (Å²) >= 11 is 2.96. The number of carbonyl (C=O) groups excluding carboxylic acids is 1. The average molecular weight is 391 g/mol. The molecule has 2 heterocycles. The van der Waals surface area contributed by atoms with Crippen LogP contribution in [-0.2, 0) is 4.74 Å². The molecular weight excluding hydrogens is 374 g/mol. The Morgan fingerprint density at radius 1 is 1.23 bits per heavy atom. The number of esters is 1. The van der Waals surface area contributed by atoms with Crippen molar-refractivity contribution in [3.63, 3.8) is 0 Å². The predicted octanol–water partition coefficient (Wildman–Crippen LogP) is 3.77. The first kappa shape index (κ1) is 18.4. The zero-order valence-corrected chi connectivity index (χ0v) is 16.1. The van der Waals surface area contributed by atoms with Crippen LogP contribution in [0.25, 0.3) is 10.8 Å². The minimum Gasteiger partial charge on any atom is -0.493 e. The molecule has 0 saturated heterocycles. The van der Waals surface area contributed by atoms with Gasteiger partial charge in [-0.2, -0.15) is 0 Å². The summed E-state index contributed by atoms with van der Waals surface area (Å²) in [6.07, 6.45) is 0. The van der Waals surface area contributed by atoms with E-state index in [0.29, 0.717) is 34.8 Å². The monoisotopic (exact) mass is 391 g/mol. The van der Waals surface area contributed by atoms with Crippen molar-refractivity contribution >= 4 is 29.1 Å². The molecule has 0 aliphatic heterocycles. The molecule has 136 valence electrons. The van der Waals surface area contributed by atoms with Crippen molar-refractivity contribution in [2.75, 3.05) is 19.5 Å². The molecule has 26 heavy (non-hydrogen) atoms. The molecule has 1 aromatic carbocycles. The van der Waals surface area contributed by atoms with E-state index >= 15 is 0 Å². The standard InChI is InChI=1S/C17H17N3O4S2/c1-10-14(26-11(2)18-10)15-19-20-17(24-15)25-9-8-23-13-6-4-12(5-7-13)16(21)22-3/h4-7H,8-9H2,1-3H3. The molecule has 0 saturated carbocycles. The largest absolute Gasteiger partial charge is 0.493 e. The number of methoxy groups -OCH3 is 1. The molecule has 0 bridgehead atoms. The van der Waals surface area contributed by atoms with E-state index < -0.39 is 0 Å². The lowest BCUT2D eigenvalue weighted by molar-refractivity contribution is 0.0600. The second-order valence-electron chi connectivity index (χ2n) is 5.23. The van der Waals surface area contributed by atoms with Gasteiger partial charge in [-0.25, -0.2) is 9.78 Å². The maximum absolute atomic E-state index is 11.4. The maximum atomic E-state index is 11.4. The first-order valence-corrected chi connectivity index (χ1v) is 9.59. The predicted molar refractivity (Wildman–Crippen MR) is 98.9 cm³/mol. The van der Waals surface area contributed by atoms with Gasteiger partial charge in [-0.1, -0.05) is 11.8 Å². The minimum atomic E-state index is -0.370. The topological polar surface area (TPSA) is 87.3 Å². The van der Waals surface area contributed by atoms with Crippen LogP contribution in [0.15, 0.2) is 33.9 Å². The van der Waals surface area contributed by atoms with Gasteiger partial charge < -0.3 is 13.9 Å². The Kier molecular flexibility index (Phi) is 5.89. The second-order valence-corrected chi connectivity index (χ2v) is 7.48. The summed E-state index contributed by atoms with van der Waals surface area (Å²) in [7, 11) is 1.35. The molecule has 3 rings (SSSR count). The van der Waals surface area contributed by atoms with Gasteiger partial charge in [0.1, 0.15) is 10.6 Å². The van der Waals surface area contributed by atoms with E-state index in [9.17, 15) is 4.79 Å². The SMILES string of the molecule is COC(=O)c1ccc(OCCSc2nnc(-c3sc(C)nc3C)o2)cc1. The third-order valence-corrected chi connectivity index (χ3v) is 5.20. The molecule has 0 atom stereocenters. The van der Waals surface area contributed by atoms with E-state index in [-0.39, 0.29) is 5.97 Å². The highest BCUT2D eigenvalue weighted by atomic mass is 32.2. The number of hydrogen-bond donors (Lipinski definition) is 0. The van der Waals surface area contributed by atoms with Gasteiger partial charge in [0.2, 0.25) is 0 Å². The van der Waals surface area contributed by atoms with E-state index in [1.807, 2.05) is 13.8 Å². The van der Waals surface area contributed by atoms with Gasteiger partial charge in [-0.05, 0) is 38.1 Å². The minimum absolute atomic E-state index is 0.370. The molecule has 3 aromatic rings. The van der Waals surface area contributed by atoms with Gasteiger partial charge in [-0.3, -0.25) is 0 Å². The van der Waals surface area contributed by atoms with Crippen LogP contribution in [0.2, 0.25) is 0 Å². The van der Waals surface area contributed by atoms with Gasteiger partial charge >= 0.3 is 5.97 Å². The lowest BCUT2D eigenvalue weighted by Gasteiger charge is -2.05. The fourth-order valence-corrected chi connectivity index (χ4v) is 3.60. The normalized spacial score (nSPS) is 10.7. The Morgan fingerprint density at radius 2 is 2.00 bits per heavy atom. The number of ether oxygens (including phenoxy) is 2. The van der Waals surface area contributed by atoms with E-state index in [1.165, 1.54) is 30.2 Å². The molecule has 0 fully saturated rings. The Morgan fingerprint density at radius 3 is 2.65 bits per heavy atom. The van der Waals surface area contributed by atoms with Crippen molar-refractivity contribution < 1.29 is 18.7 Å². The number of benzene rings is 1. The highest BCUT2D eigenvalue weighted by molar-refractivity contribution is 7.99. The van der Waals surface area contributed by atoms with E-state index in [0.717, 1.165) is 15.6 Å². The third kappa shape index (κ3) is 4.41. The van der Waals surface area contributed by atoms with Crippen molar-refractivity contribution in [3.8, 4) is 16.5 Å². The molecule has 2 aromatic heterocycles. The molecule has 0 aliphatic carbocycles. The van der Waals surface area contributed by atoms with Gasteiger partial charge in [0, 0.05) is 5.75 Å². The van der Waals surface area contributed by atoms with E-state index in [4.69, 9.17) is 9.15 Å². The quantitative estimate of drug-likeness (QED) is 0.342. The zero-order valence-electron chi connectivity index (χ0n) is 14.5. The molecule has 0 N–H and O–H groups in total. The summed E-state index contributed by atoms with van der Waals surface area (Å²) in [5.41, 5.74) is 1.38. The summed E-state index contributed by atoms with van der Waals surface area (Å²) in [5, 5.41) is 9.59. The number of aryl methyl sites for hydroxylation is 2. The first-order chi connectivity index (χ1) is 12.6. The summed E-state index contributed by atoms with van der Waals surface area (Å²) in [6.45, 7) is 4.34.